The molecule has 0 aromatic heterocycles. The maximum atomic E-state index is 10.2. The van der Waals surface area contributed by atoms with E-state index in [9.17, 15) is 4.79 Å². The number of hydrogen-bond acceptors (Lipinski definition) is 2. The van der Waals surface area contributed by atoms with Gasteiger partial charge < -0.3 is 4.74 Å². The molecule has 0 fully saturated rings. The predicted octanol–water partition coefficient (Wildman–Crippen LogP) is 0.816. The Morgan fingerprint density at radius 1 is 1.75 bits per heavy atom. The second-order valence-electron chi connectivity index (χ2n) is 1.64. The van der Waals surface area contributed by atoms with E-state index < -0.39 is 0 Å². The molecule has 0 aliphatic rings. The first kappa shape index (κ1) is 7.63. The third kappa shape index (κ3) is 5.63. The molecule has 2 nitrogen and oxygen atoms in total. The van der Waals surface area contributed by atoms with Gasteiger partial charge >= 0.3 is 0 Å². The van der Waals surface area contributed by atoms with Gasteiger partial charge in [0.15, 0.2) is 0 Å². The molecule has 0 unspecified atom stereocenters. The minimum absolute atomic E-state index is 0.0120. The van der Waals surface area contributed by atoms with E-state index in [4.69, 9.17) is 4.74 Å². The summed E-state index contributed by atoms with van der Waals surface area (Å²) >= 11 is 0. The molecule has 0 N–H and O–H groups in total. The summed E-state index contributed by atoms with van der Waals surface area (Å²) in [5.41, 5.74) is 0. The van der Waals surface area contributed by atoms with Crippen molar-refractivity contribution >= 4 is 5.78 Å². The minimum atomic E-state index is -0.0120. The van der Waals surface area contributed by atoms with Crippen LogP contribution in [0.5, 0.6) is 0 Å². The molecule has 2 heteroatoms. The Morgan fingerprint density at radius 2 is 2.38 bits per heavy atom. The lowest BCUT2D eigenvalue weighted by molar-refractivity contribution is -0.115. The van der Waals surface area contributed by atoms with Crippen LogP contribution in [0.25, 0.3) is 0 Å². The number of hydrogen-bond donors (Lipinski definition) is 0. The van der Waals surface area contributed by atoms with Crippen LogP contribution in [0.1, 0.15) is 12.8 Å². The molecule has 0 aromatic carbocycles. The van der Waals surface area contributed by atoms with Crippen LogP contribution in [0.15, 0.2) is 0 Å². The predicted molar refractivity (Wildman–Crippen MR) is 31.5 cm³/mol. The zero-order valence-electron chi connectivity index (χ0n) is 5.14. The minimum Gasteiger partial charge on any atom is -0.385 e. The number of ketones is 1. The van der Waals surface area contributed by atoms with Crippen molar-refractivity contribution < 1.29 is 9.53 Å². The van der Waals surface area contributed by atoms with Crippen molar-refractivity contribution in [3.05, 3.63) is 6.92 Å². The van der Waals surface area contributed by atoms with E-state index in [0.29, 0.717) is 13.0 Å². The van der Waals surface area contributed by atoms with Gasteiger partial charge in [-0.2, -0.15) is 0 Å². The van der Waals surface area contributed by atoms with Gasteiger partial charge in [0.1, 0.15) is 5.78 Å². The van der Waals surface area contributed by atoms with Gasteiger partial charge in [-0.25, -0.2) is 0 Å². The molecule has 0 spiro atoms. The Bertz CT molecular complexity index is 68.9. The van der Waals surface area contributed by atoms with E-state index in [2.05, 4.69) is 6.92 Å². The molecular weight excluding hydrogens is 104 g/mol. The summed E-state index contributed by atoms with van der Waals surface area (Å²) in [6.07, 6.45) is 1.33. The Balaban J connectivity index is 2.82. The molecule has 1 radical (unpaired) electrons. The van der Waals surface area contributed by atoms with Crippen molar-refractivity contribution in [2.45, 2.75) is 12.8 Å². The summed E-state index contributed by atoms with van der Waals surface area (Å²) in [5.74, 6) is -0.0120. The Kier molecular flexibility index (Phi) is 4.56. The molecule has 0 heterocycles. The topological polar surface area (TPSA) is 26.3 Å². The molecule has 0 atom stereocenters. The maximum Gasteiger partial charge on any atom is 0.133 e. The van der Waals surface area contributed by atoms with E-state index in [-0.39, 0.29) is 5.78 Å². The van der Waals surface area contributed by atoms with Gasteiger partial charge in [0, 0.05) is 27.1 Å². The smallest absolute Gasteiger partial charge is 0.133 e. The van der Waals surface area contributed by atoms with E-state index in [1.54, 1.807) is 7.11 Å². The summed E-state index contributed by atoms with van der Waals surface area (Å²) in [4.78, 5) is 10.2. The van der Waals surface area contributed by atoms with Crippen molar-refractivity contribution in [3.8, 4) is 0 Å². The Labute approximate surface area is 49.8 Å². The van der Waals surface area contributed by atoms with Crippen LogP contribution in [-0.4, -0.2) is 19.5 Å². The van der Waals surface area contributed by atoms with Gasteiger partial charge in [-0.05, 0) is 6.42 Å². The van der Waals surface area contributed by atoms with E-state index >= 15 is 0 Å². The second kappa shape index (κ2) is 4.78. The fraction of sp³-hybridized carbons (Fsp3) is 0.667. The SMILES string of the molecule is [CH2]C(=O)CCCOC. The molecule has 0 aromatic rings. The van der Waals surface area contributed by atoms with Gasteiger partial charge in [-0.1, -0.05) is 0 Å². The molecular formula is C6H11O2. The lowest BCUT2D eigenvalue weighted by atomic mass is 10.2. The highest BCUT2D eigenvalue weighted by Crippen LogP contribution is 1.88. The highest BCUT2D eigenvalue weighted by atomic mass is 16.5. The van der Waals surface area contributed by atoms with Crippen molar-refractivity contribution in [2.75, 3.05) is 13.7 Å². The summed E-state index contributed by atoms with van der Waals surface area (Å²) in [7, 11) is 1.62. The average molecular weight is 115 g/mol. The van der Waals surface area contributed by atoms with Gasteiger partial charge in [-0.15, -0.1) is 0 Å². The molecule has 47 valence electrons. The van der Waals surface area contributed by atoms with Crippen LogP contribution in [-0.2, 0) is 9.53 Å². The first-order valence-electron chi connectivity index (χ1n) is 2.61. The molecule has 0 bridgehead atoms. The fourth-order valence-electron chi connectivity index (χ4n) is 0.414. The molecule has 8 heavy (non-hydrogen) atoms. The number of Topliss-reactive ketones (excluding diaryl/α,β-unsaturated/α-hetero) is 1. The summed E-state index contributed by atoms with van der Waals surface area (Å²) in [6, 6.07) is 0. The van der Waals surface area contributed by atoms with Crippen LogP contribution >= 0.6 is 0 Å². The fourth-order valence-corrected chi connectivity index (χ4v) is 0.414. The van der Waals surface area contributed by atoms with Crippen LogP contribution in [0.3, 0.4) is 0 Å². The van der Waals surface area contributed by atoms with Gasteiger partial charge in [-0.3, -0.25) is 4.79 Å². The third-order valence-electron chi connectivity index (χ3n) is 0.804. The van der Waals surface area contributed by atoms with E-state index in [1.165, 1.54) is 0 Å². The van der Waals surface area contributed by atoms with E-state index in [1.807, 2.05) is 0 Å². The Hall–Kier alpha value is -0.370. The largest absolute Gasteiger partial charge is 0.385 e. The third-order valence-corrected chi connectivity index (χ3v) is 0.804. The Morgan fingerprint density at radius 3 is 2.75 bits per heavy atom. The van der Waals surface area contributed by atoms with Gasteiger partial charge in [0.05, 0.1) is 0 Å². The van der Waals surface area contributed by atoms with Crippen molar-refractivity contribution in [1.29, 1.82) is 0 Å². The molecule has 0 amide bonds. The standard InChI is InChI=1S/C6H11O2/c1-6(7)4-3-5-8-2/h1,3-5H2,2H3. The van der Waals surface area contributed by atoms with Crippen LogP contribution in [0, 0.1) is 6.92 Å². The zero-order chi connectivity index (χ0) is 6.41. The summed E-state index contributed by atoms with van der Waals surface area (Å²) in [6.45, 7) is 3.87. The molecule has 0 saturated heterocycles. The van der Waals surface area contributed by atoms with Gasteiger partial charge in [0.2, 0.25) is 0 Å². The first-order valence-corrected chi connectivity index (χ1v) is 2.61. The second-order valence-corrected chi connectivity index (χ2v) is 1.64. The first-order chi connectivity index (χ1) is 3.77. The lowest BCUT2D eigenvalue weighted by Gasteiger charge is -1.92. The normalized spacial score (nSPS) is 9.25. The van der Waals surface area contributed by atoms with Crippen molar-refractivity contribution in [3.63, 3.8) is 0 Å². The van der Waals surface area contributed by atoms with Crippen molar-refractivity contribution in [1.82, 2.24) is 0 Å². The monoisotopic (exact) mass is 115 g/mol. The molecule has 0 saturated carbocycles. The van der Waals surface area contributed by atoms with Crippen molar-refractivity contribution in [2.24, 2.45) is 0 Å². The summed E-state index contributed by atoms with van der Waals surface area (Å²) < 4.78 is 4.71. The molecule has 0 aliphatic carbocycles. The van der Waals surface area contributed by atoms with Crippen LogP contribution < -0.4 is 0 Å². The lowest BCUT2D eigenvalue weighted by Crippen LogP contribution is -1.94. The zero-order valence-corrected chi connectivity index (χ0v) is 5.14. The number of carbonyl (C=O) groups is 1. The maximum absolute atomic E-state index is 10.2. The molecule has 0 aliphatic heterocycles. The molecule has 0 rings (SSSR count). The number of carbonyl (C=O) groups excluding carboxylic acids is 1. The van der Waals surface area contributed by atoms with Gasteiger partial charge in [0.25, 0.3) is 0 Å². The van der Waals surface area contributed by atoms with Crippen LogP contribution in [0.4, 0.5) is 0 Å². The number of methoxy groups -OCH3 is 1. The highest BCUT2D eigenvalue weighted by molar-refractivity contribution is 5.82. The van der Waals surface area contributed by atoms with E-state index in [0.717, 1.165) is 6.42 Å². The summed E-state index contributed by atoms with van der Waals surface area (Å²) in [5, 5.41) is 0. The number of rotatable bonds is 4. The highest BCUT2D eigenvalue weighted by Gasteiger charge is 1.90. The number of ether oxygens (including phenoxy) is 1. The quantitative estimate of drug-likeness (QED) is 0.507. The van der Waals surface area contributed by atoms with Crippen LogP contribution in [0.2, 0.25) is 0 Å². The average Bonchev–Trinajstić information content (AvgIpc) is 1.66.